The lowest BCUT2D eigenvalue weighted by molar-refractivity contribution is 0.111. The molecule has 0 aliphatic rings. The molecule has 0 unspecified atom stereocenters. The number of ether oxygens (including phenoxy) is 1. The van der Waals surface area contributed by atoms with E-state index >= 15 is 0 Å². The maximum Gasteiger partial charge on any atom is 0.153 e. The predicted molar refractivity (Wildman–Crippen MR) is 69.4 cm³/mol. The van der Waals surface area contributed by atoms with Crippen LogP contribution in [0.4, 0.5) is 0 Å². The molecule has 0 radical (unpaired) electrons. The van der Waals surface area contributed by atoms with E-state index in [4.69, 9.17) is 27.9 Å². The van der Waals surface area contributed by atoms with Crippen molar-refractivity contribution >= 4 is 29.5 Å². The first kappa shape index (κ1) is 12.9. The van der Waals surface area contributed by atoms with Crippen LogP contribution < -0.4 is 4.74 Å². The number of aromatic nitrogens is 2. The minimum absolute atomic E-state index is 0.276. The van der Waals surface area contributed by atoms with Crippen molar-refractivity contribution in [3.63, 3.8) is 0 Å². The number of halogens is 2. The molecule has 2 rings (SSSR count). The second-order valence-corrected chi connectivity index (χ2v) is 4.55. The predicted octanol–water partition coefficient (Wildman–Crippen LogP) is 3.12. The minimum Gasteiger partial charge on any atom is -0.485 e. The Morgan fingerprint density at radius 1 is 1.44 bits per heavy atom. The number of aldehydes is 1. The van der Waals surface area contributed by atoms with Gasteiger partial charge in [0.2, 0.25) is 0 Å². The maximum atomic E-state index is 10.9. The summed E-state index contributed by atoms with van der Waals surface area (Å²) in [4.78, 5) is 14.9. The van der Waals surface area contributed by atoms with Crippen LogP contribution in [0.5, 0.6) is 5.75 Å². The number of nitrogens with zero attached hydrogens (tertiary/aromatic N) is 2. The fourth-order valence-electron chi connectivity index (χ4n) is 1.49. The summed E-state index contributed by atoms with van der Waals surface area (Å²) in [6, 6.07) is 3.05. The van der Waals surface area contributed by atoms with Crippen molar-refractivity contribution in [1.82, 2.24) is 9.55 Å². The number of carbonyl (C=O) groups excluding carboxylic acids is 1. The van der Waals surface area contributed by atoms with Gasteiger partial charge in [0, 0.05) is 12.1 Å². The van der Waals surface area contributed by atoms with Crippen LogP contribution in [0.3, 0.4) is 0 Å². The van der Waals surface area contributed by atoms with Gasteiger partial charge in [-0.15, -0.1) is 0 Å². The third-order valence-corrected chi connectivity index (χ3v) is 2.94. The highest BCUT2D eigenvalue weighted by Gasteiger charge is 2.11. The summed E-state index contributed by atoms with van der Waals surface area (Å²) in [6.07, 6.45) is 4.02. The van der Waals surface area contributed by atoms with Crippen LogP contribution in [0.15, 0.2) is 24.7 Å². The Bertz CT molecular complexity index is 581. The number of hydrogen-bond acceptors (Lipinski definition) is 3. The second-order valence-electron chi connectivity index (χ2n) is 3.71. The maximum absolute atomic E-state index is 10.9. The van der Waals surface area contributed by atoms with Crippen LogP contribution in [-0.2, 0) is 13.7 Å². The lowest BCUT2D eigenvalue weighted by atomic mass is 10.2. The van der Waals surface area contributed by atoms with E-state index < -0.39 is 0 Å². The lowest BCUT2D eigenvalue weighted by Gasteiger charge is -2.10. The molecule has 0 saturated heterocycles. The summed E-state index contributed by atoms with van der Waals surface area (Å²) >= 11 is 11.8. The van der Waals surface area contributed by atoms with E-state index in [9.17, 15) is 4.79 Å². The summed E-state index contributed by atoms with van der Waals surface area (Å²) < 4.78 is 7.38. The molecule has 1 aromatic heterocycles. The molecule has 0 aliphatic heterocycles. The molecular formula is C12H10Cl2N2O2. The van der Waals surface area contributed by atoms with Crippen LogP contribution in [0.25, 0.3) is 0 Å². The van der Waals surface area contributed by atoms with Crippen LogP contribution in [0, 0.1) is 0 Å². The minimum atomic E-state index is 0.276. The topological polar surface area (TPSA) is 44.1 Å². The van der Waals surface area contributed by atoms with Crippen molar-refractivity contribution in [2.24, 2.45) is 7.05 Å². The zero-order valence-corrected chi connectivity index (χ0v) is 11.1. The highest BCUT2D eigenvalue weighted by molar-refractivity contribution is 6.36. The summed E-state index contributed by atoms with van der Waals surface area (Å²) in [7, 11) is 1.86. The molecule has 0 atom stereocenters. The molecule has 0 fully saturated rings. The third-order valence-electron chi connectivity index (χ3n) is 2.44. The van der Waals surface area contributed by atoms with Gasteiger partial charge in [0.25, 0.3) is 0 Å². The summed E-state index contributed by atoms with van der Waals surface area (Å²) in [5.74, 6) is 0.331. The van der Waals surface area contributed by atoms with Gasteiger partial charge < -0.3 is 9.30 Å². The Hall–Kier alpha value is -1.52. The zero-order chi connectivity index (χ0) is 13.1. The molecule has 1 aromatic carbocycles. The molecule has 18 heavy (non-hydrogen) atoms. The van der Waals surface area contributed by atoms with Crippen LogP contribution in [-0.4, -0.2) is 15.8 Å². The van der Waals surface area contributed by atoms with E-state index in [1.54, 1.807) is 12.5 Å². The molecule has 0 saturated carbocycles. The fourth-order valence-corrected chi connectivity index (χ4v) is 2.05. The third kappa shape index (κ3) is 2.66. The molecule has 4 nitrogen and oxygen atoms in total. The summed E-state index contributed by atoms with van der Waals surface area (Å²) in [5, 5.41) is 0.710. The summed E-state index contributed by atoms with van der Waals surface area (Å²) in [6.45, 7) is 0.276. The first-order chi connectivity index (χ1) is 8.61. The van der Waals surface area contributed by atoms with Gasteiger partial charge in [0.15, 0.2) is 6.29 Å². The van der Waals surface area contributed by atoms with Gasteiger partial charge in [0.05, 0.1) is 28.8 Å². The van der Waals surface area contributed by atoms with Crippen molar-refractivity contribution in [2.75, 3.05) is 0 Å². The number of carbonyl (C=O) groups is 1. The van der Waals surface area contributed by atoms with Crippen molar-refractivity contribution in [1.29, 1.82) is 0 Å². The Kier molecular flexibility index (Phi) is 3.89. The van der Waals surface area contributed by atoms with E-state index in [1.165, 1.54) is 12.1 Å². The Morgan fingerprint density at radius 3 is 2.83 bits per heavy atom. The summed E-state index contributed by atoms with van der Waals surface area (Å²) in [5.41, 5.74) is 1.20. The number of aryl methyl sites for hydroxylation is 1. The number of hydrogen-bond donors (Lipinski definition) is 0. The van der Waals surface area contributed by atoms with Crippen LogP contribution in [0.2, 0.25) is 10.0 Å². The number of imidazole rings is 1. The standard InChI is InChI=1S/C12H10Cl2N2O2/c1-16-7-15-4-10(16)6-18-12-8(5-17)2-9(13)3-11(12)14/h2-5,7H,6H2,1H3. The molecule has 0 spiro atoms. The molecule has 0 amide bonds. The SMILES string of the molecule is Cn1cncc1COc1c(Cl)cc(Cl)cc1C=O. The van der Waals surface area contributed by atoms with Crippen LogP contribution in [0.1, 0.15) is 16.1 Å². The normalized spacial score (nSPS) is 10.4. The van der Waals surface area contributed by atoms with Crippen molar-refractivity contribution in [3.05, 3.63) is 46.0 Å². The van der Waals surface area contributed by atoms with Gasteiger partial charge in [-0.05, 0) is 12.1 Å². The Morgan fingerprint density at radius 2 is 2.22 bits per heavy atom. The zero-order valence-electron chi connectivity index (χ0n) is 9.56. The van der Waals surface area contributed by atoms with Gasteiger partial charge in [-0.1, -0.05) is 23.2 Å². The highest BCUT2D eigenvalue weighted by atomic mass is 35.5. The average Bonchev–Trinajstić information content (AvgIpc) is 2.73. The quantitative estimate of drug-likeness (QED) is 0.811. The van der Waals surface area contributed by atoms with E-state index in [0.717, 1.165) is 5.69 Å². The van der Waals surface area contributed by atoms with E-state index in [0.29, 0.717) is 27.6 Å². The van der Waals surface area contributed by atoms with Gasteiger partial charge in [-0.2, -0.15) is 0 Å². The molecule has 0 N–H and O–H groups in total. The van der Waals surface area contributed by atoms with Gasteiger partial charge >= 0.3 is 0 Å². The van der Waals surface area contributed by atoms with E-state index in [1.807, 2.05) is 11.6 Å². The fraction of sp³-hybridized carbons (Fsp3) is 0.167. The molecule has 0 bridgehead atoms. The van der Waals surface area contributed by atoms with Gasteiger partial charge in [-0.25, -0.2) is 4.98 Å². The first-order valence-corrected chi connectivity index (χ1v) is 5.89. The van der Waals surface area contributed by atoms with E-state index in [2.05, 4.69) is 4.98 Å². The molecule has 6 heteroatoms. The number of benzene rings is 1. The van der Waals surface area contributed by atoms with Gasteiger partial charge in [0.1, 0.15) is 12.4 Å². The second kappa shape index (κ2) is 5.42. The van der Waals surface area contributed by atoms with Gasteiger partial charge in [-0.3, -0.25) is 4.79 Å². The highest BCUT2D eigenvalue weighted by Crippen LogP contribution is 2.31. The van der Waals surface area contributed by atoms with Crippen molar-refractivity contribution in [3.8, 4) is 5.75 Å². The first-order valence-electron chi connectivity index (χ1n) is 5.14. The van der Waals surface area contributed by atoms with Crippen molar-refractivity contribution < 1.29 is 9.53 Å². The lowest BCUT2D eigenvalue weighted by Crippen LogP contribution is -2.03. The molecule has 1 heterocycles. The van der Waals surface area contributed by atoms with Crippen LogP contribution >= 0.6 is 23.2 Å². The Balaban J connectivity index is 2.24. The van der Waals surface area contributed by atoms with Crippen molar-refractivity contribution in [2.45, 2.75) is 6.61 Å². The molecule has 2 aromatic rings. The average molecular weight is 285 g/mol. The monoisotopic (exact) mass is 284 g/mol. The Labute approximate surface area is 114 Å². The smallest absolute Gasteiger partial charge is 0.153 e. The molecule has 94 valence electrons. The van der Waals surface area contributed by atoms with E-state index in [-0.39, 0.29) is 6.61 Å². The number of rotatable bonds is 4. The molecular weight excluding hydrogens is 275 g/mol. The molecule has 0 aliphatic carbocycles. The largest absolute Gasteiger partial charge is 0.485 e.